The lowest BCUT2D eigenvalue weighted by molar-refractivity contribution is 0.103. The number of hydrogen-bond donors (Lipinski definition) is 2. The van der Waals surface area contributed by atoms with Gasteiger partial charge in [-0.05, 0) is 67.6 Å². The molecule has 0 saturated heterocycles. The smallest absolute Gasteiger partial charge is 0.267 e. The van der Waals surface area contributed by atoms with Gasteiger partial charge in [0.15, 0.2) is 0 Å². The van der Waals surface area contributed by atoms with Crippen molar-refractivity contribution < 1.29 is 9.21 Å². The third-order valence-corrected chi connectivity index (χ3v) is 6.86. The number of rotatable bonds is 3. The monoisotopic (exact) mass is 467 g/mol. The maximum Gasteiger partial charge on any atom is 0.267 e. The minimum Gasteiger partial charge on any atom is -0.464 e. The first-order valence-electron chi connectivity index (χ1n) is 9.46. The van der Waals surface area contributed by atoms with Crippen LogP contribution in [-0.2, 0) is 12.8 Å². The molecular weight excluding hydrogens is 450 g/mol. The second kappa shape index (κ2) is 7.31. The fourth-order valence-corrected chi connectivity index (χ4v) is 5.17. The number of halogens is 1. The molecule has 5 nitrogen and oxygen atoms in total. The number of nitrogen functional groups attached to an aromatic ring is 1. The van der Waals surface area contributed by atoms with Gasteiger partial charge in [-0.3, -0.25) is 4.79 Å². The van der Waals surface area contributed by atoms with E-state index in [4.69, 9.17) is 15.1 Å². The average Bonchev–Trinajstić information content (AvgIpc) is 3.37. The Morgan fingerprint density at radius 3 is 2.72 bits per heavy atom. The van der Waals surface area contributed by atoms with Gasteiger partial charge in [-0.1, -0.05) is 15.9 Å². The third kappa shape index (κ3) is 3.24. The molecule has 1 aliphatic rings. The number of pyridine rings is 1. The number of carbonyl (C=O) groups excluding carboxylic acids is 1. The first kappa shape index (κ1) is 18.4. The Balaban J connectivity index is 1.65. The average molecular weight is 468 g/mol. The van der Waals surface area contributed by atoms with Crippen molar-refractivity contribution in [1.29, 1.82) is 0 Å². The molecule has 7 heteroatoms. The second-order valence-corrected chi connectivity index (χ2v) is 9.00. The SMILES string of the molecule is Nc1c(C(=O)Nc2ccc(Br)cc2)sc2nc3c(c(-c4ccco4)c12)CCCC3. The predicted octanol–water partition coefficient (Wildman–Crippen LogP) is 6.03. The Kier molecular flexibility index (Phi) is 4.64. The van der Waals surface area contributed by atoms with Crippen molar-refractivity contribution in [2.75, 3.05) is 11.1 Å². The van der Waals surface area contributed by atoms with Crippen molar-refractivity contribution in [2.24, 2.45) is 0 Å². The van der Waals surface area contributed by atoms with Gasteiger partial charge >= 0.3 is 0 Å². The number of hydrogen-bond acceptors (Lipinski definition) is 5. The topological polar surface area (TPSA) is 81.2 Å². The molecule has 0 radical (unpaired) electrons. The van der Waals surface area contributed by atoms with Crippen molar-refractivity contribution in [3.63, 3.8) is 0 Å². The molecule has 0 unspecified atom stereocenters. The Hall–Kier alpha value is -2.64. The largest absolute Gasteiger partial charge is 0.464 e. The van der Waals surface area contributed by atoms with Gasteiger partial charge in [0.1, 0.15) is 15.5 Å². The first-order valence-corrected chi connectivity index (χ1v) is 11.1. The van der Waals surface area contributed by atoms with Crippen molar-refractivity contribution in [2.45, 2.75) is 25.7 Å². The van der Waals surface area contributed by atoms with Crippen molar-refractivity contribution in [3.8, 4) is 11.3 Å². The Labute approximate surface area is 180 Å². The summed E-state index contributed by atoms with van der Waals surface area (Å²) in [4.78, 5) is 19.1. The van der Waals surface area contributed by atoms with Crippen LogP contribution in [0.25, 0.3) is 21.5 Å². The standard InChI is InChI=1S/C22H18BrN3O2S/c23-12-7-9-13(10-8-12)25-21(27)20-19(24)18-17(16-6-3-11-28-16)14-4-1-2-5-15(14)26-22(18)29-20/h3,6-11H,1-2,4-5,24H2,(H,25,27). The maximum absolute atomic E-state index is 13.0. The predicted molar refractivity (Wildman–Crippen MR) is 120 cm³/mol. The number of anilines is 2. The van der Waals surface area contributed by atoms with Gasteiger partial charge in [0, 0.05) is 26.8 Å². The molecule has 146 valence electrons. The highest BCUT2D eigenvalue weighted by Crippen LogP contribution is 2.44. The number of nitrogens with one attached hydrogen (secondary N) is 1. The molecule has 4 aromatic rings. The second-order valence-electron chi connectivity index (χ2n) is 7.08. The normalized spacial score (nSPS) is 13.4. The summed E-state index contributed by atoms with van der Waals surface area (Å²) in [6, 6.07) is 11.3. The number of nitrogens with zero attached hydrogens (tertiary/aromatic N) is 1. The van der Waals surface area contributed by atoms with Crippen LogP contribution in [0.1, 0.15) is 33.8 Å². The molecule has 5 rings (SSSR count). The highest BCUT2D eigenvalue weighted by Gasteiger charge is 2.26. The number of aromatic nitrogens is 1. The zero-order valence-corrected chi connectivity index (χ0v) is 17.9. The van der Waals surface area contributed by atoms with Crippen LogP contribution in [0.2, 0.25) is 0 Å². The molecule has 0 atom stereocenters. The molecule has 1 aromatic carbocycles. The van der Waals surface area contributed by atoms with Gasteiger partial charge in [-0.2, -0.15) is 0 Å². The van der Waals surface area contributed by atoms with Gasteiger partial charge < -0.3 is 15.5 Å². The number of amides is 1. The molecule has 3 N–H and O–H groups in total. The first-order chi connectivity index (χ1) is 14.1. The molecule has 3 aromatic heterocycles. The van der Waals surface area contributed by atoms with Crippen molar-refractivity contribution in [3.05, 3.63) is 63.3 Å². The van der Waals surface area contributed by atoms with E-state index in [9.17, 15) is 4.79 Å². The number of furan rings is 1. The number of benzene rings is 1. The number of fused-ring (bicyclic) bond motifs is 2. The fourth-order valence-electron chi connectivity index (χ4n) is 3.89. The molecule has 0 saturated carbocycles. The molecule has 0 fully saturated rings. The number of nitrogens with two attached hydrogens (primary N) is 1. The van der Waals surface area contributed by atoms with Crippen LogP contribution < -0.4 is 11.1 Å². The highest BCUT2D eigenvalue weighted by atomic mass is 79.9. The molecular formula is C22H18BrN3O2S. The lowest BCUT2D eigenvalue weighted by Crippen LogP contribution is -2.12. The van der Waals surface area contributed by atoms with Gasteiger partial charge in [0.2, 0.25) is 0 Å². The summed E-state index contributed by atoms with van der Waals surface area (Å²) in [5, 5.41) is 3.76. The highest BCUT2D eigenvalue weighted by molar-refractivity contribution is 9.10. The minimum absolute atomic E-state index is 0.226. The molecule has 0 spiro atoms. The quantitative estimate of drug-likeness (QED) is 0.385. The van der Waals surface area contributed by atoms with Crippen LogP contribution in [0.4, 0.5) is 11.4 Å². The van der Waals surface area contributed by atoms with Crippen LogP contribution in [0.3, 0.4) is 0 Å². The molecule has 0 aliphatic heterocycles. The van der Waals surface area contributed by atoms with Crippen LogP contribution in [0, 0.1) is 0 Å². The summed E-state index contributed by atoms with van der Waals surface area (Å²) in [7, 11) is 0. The van der Waals surface area contributed by atoms with Crippen molar-refractivity contribution in [1.82, 2.24) is 4.98 Å². The number of carbonyl (C=O) groups is 1. The number of thiophene rings is 1. The Morgan fingerprint density at radius 1 is 1.17 bits per heavy atom. The van der Waals surface area contributed by atoms with E-state index in [1.54, 1.807) is 6.26 Å². The fraction of sp³-hybridized carbons (Fsp3) is 0.182. The number of aryl methyl sites for hydroxylation is 1. The van der Waals surface area contributed by atoms with E-state index in [1.165, 1.54) is 16.9 Å². The summed E-state index contributed by atoms with van der Waals surface area (Å²) in [6.45, 7) is 0. The summed E-state index contributed by atoms with van der Waals surface area (Å²) in [5.41, 5.74) is 11.0. The molecule has 0 bridgehead atoms. The lowest BCUT2D eigenvalue weighted by atomic mass is 9.89. The summed E-state index contributed by atoms with van der Waals surface area (Å²) >= 11 is 4.74. The minimum atomic E-state index is -0.226. The van der Waals surface area contributed by atoms with E-state index in [1.807, 2.05) is 36.4 Å². The Morgan fingerprint density at radius 2 is 1.97 bits per heavy atom. The molecule has 3 heterocycles. The van der Waals surface area contributed by atoms with Crippen LogP contribution in [-0.4, -0.2) is 10.9 Å². The van der Waals surface area contributed by atoms with Gasteiger partial charge in [-0.15, -0.1) is 11.3 Å². The molecule has 29 heavy (non-hydrogen) atoms. The summed E-state index contributed by atoms with van der Waals surface area (Å²) < 4.78 is 6.70. The van der Waals surface area contributed by atoms with E-state index in [0.29, 0.717) is 16.3 Å². The van der Waals surface area contributed by atoms with Gasteiger partial charge in [0.25, 0.3) is 5.91 Å². The van der Waals surface area contributed by atoms with Crippen LogP contribution in [0.15, 0.2) is 51.6 Å². The van der Waals surface area contributed by atoms with Crippen LogP contribution >= 0.6 is 27.3 Å². The van der Waals surface area contributed by atoms with E-state index < -0.39 is 0 Å². The van der Waals surface area contributed by atoms with Gasteiger partial charge in [0.05, 0.1) is 12.0 Å². The third-order valence-electron chi connectivity index (χ3n) is 5.23. The Bertz CT molecular complexity index is 1210. The zero-order chi connectivity index (χ0) is 20.0. The molecule has 1 amide bonds. The maximum atomic E-state index is 13.0. The van der Waals surface area contributed by atoms with Crippen molar-refractivity contribution >= 4 is 54.8 Å². The molecule has 1 aliphatic carbocycles. The lowest BCUT2D eigenvalue weighted by Gasteiger charge is -2.18. The van der Waals surface area contributed by atoms with Gasteiger partial charge in [-0.25, -0.2) is 4.98 Å². The van der Waals surface area contributed by atoms with E-state index in [0.717, 1.165) is 57.4 Å². The van der Waals surface area contributed by atoms with E-state index in [-0.39, 0.29) is 5.91 Å². The van der Waals surface area contributed by atoms with E-state index >= 15 is 0 Å². The zero-order valence-electron chi connectivity index (χ0n) is 15.5. The summed E-state index contributed by atoms with van der Waals surface area (Å²) in [6.07, 6.45) is 5.80. The van der Waals surface area contributed by atoms with Crippen LogP contribution in [0.5, 0.6) is 0 Å². The summed E-state index contributed by atoms with van der Waals surface area (Å²) in [5.74, 6) is 0.552. The van der Waals surface area contributed by atoms with E-state index in [2.05, 4.69) is 21.2 Å².